The minimum Gasteiger partial charge on any atom is -0.368 e. The van der Waals surface area contributed by atoms with Crippen LogP contribution in [-0.2, 0) is 10.0 Å². The third-order valence-electron chi connectivity index (χ3n) is 1.07. The molecule has 0 amide bonds. The van der Waals surface area contributed by atoms with Crippen LogP contribution in [0.1, 0.15) is 0 Å². The number of aliphatic imine (C=N–C) groups is 1. The topological polar surface area (TPSA) is 117 Å². The van der Waals surface area contributed by atoms with Crippen LogP contribution in [0.15, 0.2) is 4.99 Å². The highest BCUT2D eigenvalue weighted by Gasteiger charge is 2.04. The van der Waals surface area contributed by atoms with E-state index in [1.807, 2.05) is 0 Å². The molecule has 0 fully saturated rings. The highest BCUT2D eigenvalue weighted by Crippen LogP contribution is 1.81. The van der Waals surface area contributed by atoms with Gasteiger partial charge < -0.3 is 5.73 Å². The van der Waals surface area contributed by atoms with Crippen molar-refractivity contribution in [3.63, 3.8) is 0 Å². The van der Waals surface area contributed by atoms with Crippen LogP contribution in [0.25, 0.3) is 0 Å². The third-order valence-corrected chi connectivity index (χ3v) is 2.41. The van der Waals surface area contributed by atoms with Gasteiger partial charge in [0.15, 0.2) is 0 Å². The monoisotopic (exact) mass is 196 g/mol. The lowest BCUT2D eigenvalue weighted by atomic mass is 10.8. The maximum Gasteiger partial charge on any atom is 0.213 e. The Balaban J connectivity index is 3.86. The summed E-state index contributed by atoms with van der Waals surface area (Å²) in [5.41, 5.74) is 6.60. The van der Waals surface area contributed by atoms with Gasteiger partial charge in [-0.3, -0.25) is 10.2 Å². The van der Waals surface area contributed by atoms with E-state index < -0.39 is 10.0 Å². The molecular weight excluding hydrogens is 184 g/mol. The summed E-state index contributed by atoms with van der Waals surface area (Å²) in [5, 5.41) is 8.15. The fourth-order valence-electron chi connectivity index (χ4n) is 0.424. The largest absolute Gasteiger partial charge is 0.368 e. The highest BCUT2D eigenvalue weighted by atomic mass is 32.2. The standard InChI is InChI=1S/C4H12N4O3S/c1-6-12(10,11)3-2-7-4(5)8-9/h6,9H,2-3H2,1H3,(H3,5,7,8). The number of hydrogen-bond donors (Lipinski definition) is 4. The summed E-state index contributed by atoms with van der Waals surface area (Å²) in [5.74, 6) is -0.368. The smallest absolute Gasteiger partial charge is 0.213 e. The van der Waals surface area contributed by atoms with Crippen molar-refractivity contribution in [1.29, 1.82) is 0 Å². The van der Waals surface area contributed by atoms with Crippen molar-refractivity contribution in [2.24, 2.45) is 10.7 Å². The summed E-state index contributed by atoms with van der Waals surface area (Å²) in [6.07, 6.45) is 0. The van der Waals surface area contributed by atoms with Crippen LogP contribution in [0, 0.1) is 0 Å². The average Bonchev–Trinajstić information content (AvgIpc) is 2.04. The van der Waals surface area contributed by atoms with Crippen molar-refractivity contribution in [3.05, 3.63) is 0 Å². The second-order valence-electron chi connectivity index (χ2n) is 1.90. The number of nitrogens with one attached hydrogen (secondary N) is 2. The molecule has 0 unspecified atom stereocenters. The van der Waals surface area contributed by atoms with Crippen molar-refractivity contribution in [1.82, 2.24) is 10.2 Å². The number of hydrogen-bond acceptors (Lipinski definition) is 4. The van der Waals surface area contributed by atoms with E-state index >= 15 is 0 Å². The molecule has 7 nitrogen and oxygen atoms in total. The first-order chi connectivity index (χ1) is 5.52. The van der Waals surface area contributed by atoms with E-state index in [0.29, 0.717) is 0 Å². The first-order valence-electron chi connectivity index (χ1n) is 3.13. The first-order valence-corrected chi connectivity index (χ1v) is 4.78. The lowest BCUT2D eigenvalue weighted by Gasteiger charge is -1.99. The Morgan fingerprint density at radius 1 is 1.67 bits per heavy atom. The summed E-state index contributed by atoms with van der Waals surface area (Å²) in [7, 11) is -1.93. The molecule has 0 spiro atoms. The number of rotatable bonds is 4. The number of nitrogens with zero attached hydrogens (tertiary/aromatic N) is 1. The van der Waals surface area contributed by atoms with Gasteiger partial charge in [0.2, 0.25) is 16.0 Å². The number of nitrogens with two attached hydrogens (primary N) is 1. The van der Waals surface area contributed by atoms with Crippen LogP contribution in [0.5, 0.6) is 0 Å². The van der Waals surface area contributed by atoms with Crippen molar-refractivity contribution in [3.8, 4) is 0 Å². The molecule has 0 aliphatic rings. The zero-order chi connectivity index (χ0) is 9.61. The summed E-state index contributed by atoms with van der Waals surface area (Å²) in [4.78, 5) is 3.49. The average molecular weight is 196 g/mol. The van der Waals surface area contributed by atoms with Crippen LogP contribution in [-0.4, -0.2) is 38.9 Å². The molecule has 0 saturated carbocycles. The van der Waals surface area contributed by atoms with Crippen LogP contribution >= 0.6 is 0 Å². The maximum atomic E-state index is 10.8. The second kappa shape index (κ2) is 4.91. The Morgan fingerprint density at radius 2 is 2.25 bits per heavy atom. The molecule has 5 N–H and O–H groups in total. The van der Waals surface area contributed by atoms with Crippen molar-refractivity contribution >= 4 is 16.0 Å². The molecular formula is C4H12N4O3S. The first kappa shape index (κ1) is 11.1. The van der Waals surface area contributed by atoms with Crippen molar-refractivity contribution < 1.29 is 13.6 Å². The van der Waals surface area contributed by atoms with E-state index in [-0.39, 0.29) is 18.3 Å². The molecule has 8 heteroatoms. The van der Waals surface area contributed by atoms with Gasteiger partial charge in [-0.2, -0.15) is 0 Å². The lowest BCUT2D eigenvalue weighted by Crippen LogP contribution is -2.30. The Labute approximate surface area is 70.7 Å². The van der Waals surface area contributed by atoms with Gasteiger partial charge >= 0.3 is 0 Å². The van der Waals surface area contributed by atoms with E-state index in [2.05, 4.69) is 9.71 Å². The molecule has 0 aliphatic heterocycles. The summed E-state index contributed by atoms with van der Waals surface area (Å²) in [6, 6.07) is 0. The molecule has 0 radical (unpaired) electrons. The van der Waals surface area contributed by atoms with E-state index in [9.17, 15) is 8.42 Å². The zero-order valence-corrected chi connectivity index (χ0v) is 7.43. The maximum absolute atomic E-state index is 10.8. The molecule has 0 rings (SSSR count). The van der Waals surface area contributed by atoms with Crippen LogP contribution in [0.3, 0.4) is 0 Å². The van der Waals surface area contributed by atoms with E-state index in [1.165, 1.54) is 7.05 Å². The quantitative estimate of drug-likeness (QED) is 0.232. The van der Waals surface area contributed by atoms with Gasteiger partial charge in [-0.1, -0.05) is 0 Å². The summed E-state index contributed by atoms with van der Waals surface area (Å²) < 4.78 is 23.6. The van der Waals surface area contributed by atoms with Crippen LogP contribution in [0.4, 0.5) is 0 Å². The lowest BCUT2D eigenvalue weighted by molar-refractivity contribution is 0.232. The third kappa shape index (κ3) is 4.88. The molecule has 12 heavy (non-hydrogen) atoms. The molecule has 0 heterocycles. The zero-order valence-electron chi connectivity index (χ0n) is 6.61. The van der Waals surface area contributed by atoms with Crippen LogP contribution in [0.2, 0.25) is 0 Å². The van der Waals surface area contributed by atoms with E-state index in [4.69, 9.17) is 10.9 Å². The van der Waals surface area contributed by atoms with Gasteiger partial charge in [0.1, 0.15) is 0 Å². The predicted molar refractivity (Wildman–Crippen MR) is 44.3 cm³/mol. The minimum atomic E-state index is -3.25. The van der Waals surface area contributed by atoms with Crippen LogP contribution < -0.4 is 15.9 Å². The predicted octanol–water partition coefficient (Wildman–Crippen LogP) is -2.17. The molecule has 0 saturated heterocycles. The van der Waals surface area contributed by atoms with Gasteiger partial charge in [0.05, 0.1) is 12.3 Å². The van der Waals surface area contributed by atoms with Gasteiger partial charge in [-0.05, 0) is 7.05 Å². The molecule has 0 aromatic rings. The van der Waals surface area contributed by atoms with Gasteiger partial charge in [0.25, 0.3) is 0 Å². The van der Waals surface area contributed by atoms with E-state index in [1.54, 1.807) is 5.48 Å². The minimum absolute atomic E-state index is 0.00255. The molecule has 0 atom stereocenters. The number of guanidine groups is 1. The Hall–Kier alpha value is -0.860. The molecule has 0 aliphatic carbocycles. The van der Waals surface area contributed by atoms with Crippen molar-refractivity contribution in [2.45, 2.75) is 0 Å². The highest BCUT2D eigenvalue weighted by molar-refractivity contribution is 7.89. The molecule has 0 aromatic carbocycles. The summed E-state index contributed by atoms with van der Waals surface area (Å²) in [6.45, 7) is 0.00255. The van der Waals surface area contributed by atoms with Gasteiger partial charge in [-0.25, -0.2) is 18.6 Å². The Kier molecular flexibility index (Phi) is 4.55. The van der Waals surface area contributed by atoms with E-state index in [0.717, 1.165) is 0 Å². The fraction of sp³-hybridized carbons (Fsp3) is 0.750. The molecule has 72 valence electrons. The summed E-state index contributed by atoms with van der Waals surface area (Å²) >= 11 is 0. The molecule has 0 aromatic heterocycles. The van der Waals surface area contributed by atoms with Gasteiger partial charge in [-0.15, -0.1) is 0 Å². The van der Waals surface area contributed by atoms with Crippen molar-refractivity contribution in [2.75, 3.05) is 19.3 Å². The SMILES string of the molecule is CNS(=O)(=O)CCN=C(N)NO. The normalized spacial score (nSPS) is 13.0. The Bertz CT molecular complexity index is 247. The number of hydroxylamine groups is 1. The fourth-order valence-corrected chi connectivity index (χ4v) is 0.959. The molecule has 0 bridgehead atoms. The second-order valence-corrected chi connectivity index (χ2v) is 3.95. The van der Waals surface area contributed by atoms with Gasteiger partial charge in [0, 0.05) is 0 Å². The Morgan fingerprint density at radius 3 is 2.67 bits per heavy atom. The number of sulfonamides is 1.